The summed E-state index contributed by atoms with van der Waals surface area (Å²) in [6, 6.07) is 0.0916. The van der Waals surface area contributed by atoms with Crippen LogP contribution < -0.4 is 0 Å². The zero-order chi connectivity index (χ0) is 12.2. The number of carboxylic acids is 1. The fourth-order valence-electron chi connectivity index (χ4n) is 1.91. The Kier molecular flexibility index (Phi) is 4.98. The first kappa shape index (κ1) is 13.7. The first-order valence-corrected chi connectivity index (χ1v) is 6.51. The summed E-state index contributed by atoms with van der Waals surface area (Å²) in [5.74, 6) is -2.76. The third-order valence-electron chi connectivity index (χ3n) is 2.74. The third kappa shape index (κ3) is 4.25. The van der Waals surface area contributed by atoms with E-state index in [1.807, 2.05) is 6.92 Å². The number of rotatable bonds is 5. The van der Waals surface area contributed by atoms with Gasteiger partial charge in [-0.15, -0.1) is 11.8 Å². The number of alkyl halides is 2. The average Bonchev–Trinajstić information content (AvgIpc) is 2.19. The van der Waals surface area contributed by atoms with Gasteiger partial charge in [0.1, 0.15) is 0 Å². The zero-order valence-corrected chi connectivity index (χ0v) is 10.1. The van der Waals surface area contributed by atoms with Gasteiger partial charge in [-0.3, -0.25) is 9.69 Å². The maximum Gasteiger partial charge on any atom is 0.313 e. The lowest BCUT2D eigenvalue weighted by Gasteiger charge is -2.38. The molecule has 0 aromatic rings. The quantitative estimate of drug-likeness (QED) is 0.812. The largest absolute Gasteiger partial charge is 0.481 e. The van der Waals surface area contributed by atoms with Gasteiger partial charge >= 0.3 is 5.97 Å². The second-order valence-corrected chi connectivity index (χ2v) is 5.05. The Labute approximate surface area is 98.2 Å². The van der Waals surface area contributed by atoms with E-state index in [1.165, 1.54) is 11.8 Å². The second-order valence-electron chi connectivity index (χ2n) is 4.02. The van der Waals surface area contributed by atoms with Crippen LogP contribution in [0, 0.1) is 0 Å². The molecular weight excluding hydrogens is 236 g/mol. The van der Waals surface area contributed by atoms with Crippen molar-refractivity contribution in [2.24, 2.45) is 0 Å². The lowest BCUT2D eigenvalue weighted by Crippen LogP contribution is -2.49. The van der Waals surface area contributed by atoms with E-state index < -0.39 is 11.9 Å². The number of hydrogen-bond acceptors (Lipinski definition) is 3. The Hall–Kier alpha value is -0.360. The molecule has 1 aliphatic heterocycles. The monoisotopic (exact) mass is 253 g/mol. The summed E-state index contributed by atoms with van der Waals surface area (Å²) >= 11 is 1.30. The van der Waals surface area contributed by atoms with Crippen molar-refractivity contribution in [3.63, 3.8) is 0 Å². The van der Waals surface area contributed by atoms with Gasteiger partial charge in [0.15, 0.2) is 0 Å². The summed E-state index contributed by atoms with van der Waals surface area (Å²) in [6.45, 7) is 2.26. The predicted octanol–water partition coefficient (Wildman–Crippen LogP) is 1.92. The molecule has 1 atom stereocenters. The van der Waals surface area contributed by atoms with E-state index in [9.17, 15) is 13.6 Å². The molecule has 1 unspecified atom stereocenters. The topological polar surface area (TPSA) is 40.5 Å². The molecule has 1 saturated heterocycles. The number of carbonyl (C=O) groups is 1. The average molecular weight is 253 g/mol. The Balaban J connectivity index is 2.38. The van der Waals surface area contributed by atoms with E-state index in [4.69, 9.17) is 5.11 Å². The van der Waals surface area contributed by atoms with Gasteiger partial charge < -0.3 is 5.11 Å². The molecule has 6 heteroatoms. The van der Waals surface area contributed by atoms with Crippen LogP contribution in [0.15, 0.2) is 0 Å². The molecule has 0 aromatic heterocycles. The zero-order valence-electron chi connectivity index (χ0n) is 9.29. The van der Waals surface area contributed by atoms with Crippen molar-refractivity contribution < 1.29 is 18.7 Å². The molecule has 1 aliphatic rings. The lowest BCUT2D eigenvalue weighted by atomic mass is 10.0. The minimum atomic E-state index is -2.58. The van der Waals surface area contributed by atoms with E-state index >= 15 is 0 Å². The Morgan fingerprint density at radius 3 is 2.88 bits per heavy atom. The Morgan fingerprint density at radius 1 is 1.62 bits per heavy atom. The third-order valence-corrected chi connectivity index (χ3v) is 3.81. The van der Waals surface area contributed by atoms with Crippen molar-refractivity contribution in [1.29, 1.82) is 0 Å². The first-order chi connectivity index (χ1) is 7.44. The van der Waals surface area contributed by atoms with Gasteiger partial charge in [-0.1, -0.05) is 6.92 Å². The minimum Gasteiger partial charge on any atom is -0.481 e. The van der Waals surface area contributed by atoms with Crippen LogP contribution in [0.25, 0.3) is 0 Å². The van der Waals surface area contributed by atoms with E-state index in [-0.39, 0.29) is 24.8 Å². The number of halogens is 2. The molecule has 0 amide bonds. The number of carboxylic acid groups (broad SMARTS) is 1. The molecule has 0 spiro atoms. The predicted molar refractivity (Wildman–Crippen MR) is 60.2 cm³/mol. The number of hydrogen-bond donors (Lipinski definition) is 1. The van der Waals surface area contributed by atoms with Crippen LogP contribution in [0.4, 0.5) is 8.78 Å². The van der Waals surface area contributed by atoms with Crippen molar-refractivity contribution in [2.45, 2.75) is 31.7 Å². The number of aliphatic carboxylic acids is 1. The summed E-state index contributed by atoms with van der Waals surface area (Å²) in [6.07, 6.45) is 0.370. The maximum absolute atomic E-state index is 13.1. The van der Waals surface area contributed by atoms with E-state index in [0.29, 0.717) is 18.7 Å². The van der Waals surface area contributed by atoms with Crippen LogP contribution in [0.5, 0.6) is 0 Å². The minimum absolute atomic E-state index is 0.0461. The van der Waals surface area contributed by atoms with E-state index in [0.717, 1.165) is 0 Å². The van der Waals surface area contributed by atoms with Crippen molar-refractivity contribution >= 4 is 17.7 Å². The molecule has 0 saturated carbocycles. The molecule has 0 aliphatic carbocycles. The van der Waals surface area contributed by atoms with Gasteiger partial charge in [-0.05, 0) is 13.0 Å². The highest BCUT2D eigenvalue weighted by molar-refractivity contribution is 7.99. The molecule has 1 N–H and O–H groups in total. The smallest absolute Gasteiger partial charge is 0.313 e. The summed E-state index contributed by atoms with van der Waals surface area (Å²) < 4.78 is 26.2. The van der Waals surface area contributed by atoms with Gasteiger partial charge in [0.25, 0.3) is 5.92 Å². The number of piperidine rings is 1. The molecule has 1 heterocycles. The first-order valence-electron chi connectivity index (χ1n) is 5.36. The summed E-state index contributed by atoms with van der Waals surface area (Å²) in [5.41, 5.74) is 0. The van der Waals surface area contributed by atoms with Gasteiger partial charge in [-0.25, -0.2) is 8.78 Å². The molecule has 0 aromatic carbocycles. The second kappa shape index (κ2) is 5.82. The van der Waals surface area contributed by atoms with Gasteiger partial charge in [-0.2, -0.15) is 0 Å². The molecule has 0 bridgehead atoms. The standard InChI is InChI=1S/C10H17F2NO2S/c1-2-13-7-10(11,12)4-3-8(13)5-16-6-9(14)15/h8H,2-7H2,1H3,(H,14,15). The van der Waals surface area contributed by atoms with Gasteiger partial charge in [0.05, 0.1) is 12.3 Å². The fourth-order valence-corrected chi connectivity index (χ4v) is 2.85. The van der Waals surface area contributed by atoms with Crippen LogP contribution in [0.3, 0.4) is 0 Å². The summed E-state index contributed by atoms with van der Waals surface area (Å²) in [4.78, 5) is 12.1. The molecule has 3 nitrogen and oxygen atoms in total. The molecular formula is C10H17F2NO2S. The van der Waals surface area contributed by atoms with Gasteiger partial charge in [0.2, 0.25) is 0 Å². The number of thioether (sulfide) groups is 1. The molecule has 94 valence electrons. The van der Waals surface area contributed by atoms with Crippen LogP contribution in [0.1, 0.15) is 19.8 Å². The highest BCUT2D eigenvalue weighted by Gasteiger charge is 2.38. The number of likely N-dealkylation sites (tertiary alicyclic amines) is 1. The normalized spacial score (nSPS) is 25.6. The van der Waals surface area contributed by atoms with Crippen molar-refractivity contribution in [3.8, 4) is 0 Å². The van der Waals surface area contributed by atoms with E-state index in [2.05, 4.69) is 0 Å². The van der Waals surface area contributed by atoms with Crippen molar-refractivity contribution in [1.82, 2.24) is 4.90 Å². The van der Waals surface area contributed by atoms with Crippen LogP contribution in [0.2, 0.25) is 0 Å². The van der Waals surface area contributed by atoms with Gasteiger partial charge in [0, 0.05) is 18.2 Å². The summed E-state index contributed by atoms with van der Waals surface area (Å²) in [5, 5.41) is 8.49. The molecule has 1 fully saturated rings. The van der Waals surface area contributed by atoms with Crippen molar-refractivity contribution in [2.75, 3.05) is 24.6 Å². The van der Waals surface area contributed by atoms with Crippen LogP contribution in [-0.4, -0.2) is 52.5 Å². The van der Waals surface area contributed by atoms with Crippen LogP contribution >= 0.6 is 11.8 Å². The SMILES string of the molecule is CCN1CC(F)(F)CCC1CSCC(=O)O. The summed E-state index contributed by atoms with van der Waals surface area (Å²) in [7, 11) is 0. The Morgan fingerprint density at radius 2 is 2.31 bits per heavy atom. The molecule has 16 heavy (non-hydrogen) atoms. The molecule has 1 rings (SSSR count). The van der Waals surface area contributed by atoms with Crippen molar-refractivity contribution in [3.05, 3.63) is 0 Å². The lowest BCUT2D eigenvalue weighted by molar-refractivity contribution is -0.133. The van der Waals surface area contributed by atoms with Crippen LogP contribution in [-0.2, 0) is 4.79 Å². The maximum atomic E-state index is 13.1. The fraction of sp³-hybridized carbons (Fsp3) is 0.900. The molecule has 0 radical (unpaired) electrons. The highest BCUT2D eigenvalue weighted by Crippen LogP contribution is 2.31. The highest BCUT2D eigenvalue weighted by atomic mass is 32.2. The Bertz CT molecular complexity index is 251. The number of nitrogens with zero attached hydrogens (tertiary/aromatic N) is 1. The van der Waals surface area contributed by atoms with E-state index in [1.54, 1.807) is 4.90 Å².